The topological polar surface area (TPSA) is 102 Å². The molecule has 28 heavy (non-hydrogen) atoms. The van der Waals surface area contributed by atoms with Gasteiger partial charge < -0.3 is 21.1 Å². The second-order valence-corrected chi connectivity index (χ2v) is 6.41. The van der Waals surface area contributed by atoms with Crippen LogP contribution in [0.25, 0.3) is 0 Å². The van der Waals surface area contributed by atoms with E-state index in [0.29, 0.717) is 40.2 Å². The van der Waals surface area contributed by atoms with Gasteiger partial charge in [0.1, 0.15) is 12.0 Å². The number of hydrogen-bond donors (Lipinski definition) is 3. The average molecular weight is 398 g/mol. The van der Waals surface area contributed by atoms with Gasteiger partial charge in [0.25, 0.3) is 0 Å². The van der Waals surface area contributed by atoms with Crippen LogP contribution in [0.4, 0.5) is 28.7 Å². The molecule has 0 radical (unpaired) electrons. The van der Waals surface area contributed by atoms with Crippen molar-refractivity contribution in [3.63, 3.8) is 0 Å². The van der Waals surface area contributed by atoms with Crippen molar-refractivity contribution in [2.75, 3.05) is 23.0 Å². The normalized spacial score (nSPS) is 10.4. The molecule has 2 aromatic carbocycles. The number of carbonyl (C=O) groups is 1. The summed E-state index contributed by atoms with van der Waals surface area (Å²) in [5, 5.41) is 6.89. The van der Waals surface area contributed by atoms with E-state index in [1.165, 1.54) is 6.33 Å². The Morgan fingerprint density at radius 3 is 2.43 bits per heavy atom. The number of nitrogens with two attached hydrogens (primary N) is 1. The number of rotatable bonds is 6. The van der Waals surface area contributed by atoms with Crippen LogP contribution in [-0.2, 0) is 4.74 Å². The Bertz CT molecular complexity index is 1010. The van der Waals surface area contributed by atoms with Crippen LogP contribution in [0.2, 0.25) is 5.02 Å². The number of aromatic nitrogens is 2. The Morgan fingerprint density at radius 2 is 1.79 bits per heavy atom. The highest BCUT2D eigenvalue weighted by Gasteiger charge is 2.11. The second-order valence-electron chi connectivity index (χ2n) is 6.00. The number of ether oxygens (including phenoxy) is 1. The fraction of sp³-hybridized carbons (Fsp3) is 0.150. The third kappa shape index (κ3) is 4.50. The minimum absolute atomic E-state index is 0.313. The van der Waals surface area contributed by atoms with E-state index in [0.717, 1.165) is 11.3 Å². The molecule has 3 aromatic rings. The zero-order valence-corrected chi connectivity index (χ0v) is 16.2. The van der Waals surface area contributed by atoms with E-state index in [2.05, 4.69) is 20.6 Å². The number of anilines is 5. The summed E-state index contributed by atoms with van der Waals surface area (Å²) in [6.45, 7) is 4.00. The molecule has 3 rings (SSSR count). The molecule has 0 fully saturated rings. The van der Waals surface area contributed by atoms with E-state index >= 15 is 0 Å². The van der Waals surface area contributed by atoms with Gasteiger partial charge in [0.05, 0.1) is 12.2 Å². The molecule has 0 saturated heterocycles. The zero-order chi connectivity index (χ0) is 20.1. The average Bonchev–Trinajstić information content (AvgIpc) is 2.68. The van der Waals surface area contributed by atoms with Gasteiger partial charge in [-0.15, -0.1) is 0 Å². The van der Waals surface area contributed by atoms with Crippen molar-refractivity contribution in [3.8, 4) is 0 Å². The molecule has 1 heterocycles. The van der Waals surface area contributed by atoms with Crippen molar-refractivity contribution >= 4 is 46.3 Å². The fourth-order valence-corrected chi connectivity index (χ4v) is 2.66. The number of aryl methyl sites for hydroxylation is 1. The lowest BCUT2D eigenvalue weighted by Crippen LogP contribution is -2.07. The summed E-state index contributed by atoms with van der Waals surface area (Å²) in [4.78, 5) is 20.3. The highest BCUT2D eigenvalue weighted by molar-refractivity contribution is 6.31. The molecule has 144 valence electrons. The summed E-state index contributed by atoms with van der Waals surface area (Å²) in [5.74, 6) is 0.469. The number of halogens is 1. The largest absolute Gasteiger partial charge is 0.462 e. The monoisotopic (exact) mass is 397 g/mol. The number of nitrogens with zero attached hydrogens (tertiary/aromatic N) is 2. The summed E-state index contributed by atoms with van der Waals surface area (Å²) in [6.07, 6.45) is 1.39. The first-order valence-corrected chi connectivity index (χ1v) is 9.03. The van der Waals surface area contributed by atoms with Gasteiger partial charge in [-0.25, -0.2) is 14.8 Å². The number of nitrogens with one attached hydrogen (secondary N) is 2. The lowest BCUT2D eigenvalue weighted by Gasteiger charge is -2.13. The molecule has 1 aromatic heterocycles. The molecule has 0 aliphatic rings. The molecular formula is C20H20ClN5O2. The molecule has 0 spiro atoms. The van der Waals surface area contributed by atoms with Crippen LogP contribution < -0.4 is 16.4 Å². The molecular weight excluding hydrogens is 378 g/mol. The standard InChI is InChI=1S/C20H20ClN5O2/c1-3-28-20(27)13-5-4-6-14(9-13)25-18-17(22)19(24-11-23-18)26-15-8-7-12(2)16(21)10-15/h4-11H,3,22H2,1-2H3,(H2,23,24,25,26). The Balaban J connectivity index is 1.82. The molecule has 0 amide bonds. The molecule has 0 aliphatic heterocycles. The van der Waals surface area contributed by atoms with E-state index in [4.69, 9.17) is 22.1 Å². The quantitative estimate of drug-likeness (QED) is 0.518. The van der Waals surface area contributed by atoms with E-state index < -0.39 is 0 Å². The molecule has 8 heteroatoms. The highest BCUT2D eigenvalue weighted by atomic mass is 35.5. The first kappa shape index (κ1) is 19.4. The third-order valence-electron chi connectivity index (χ3n) is 3.95. The fourth-order valence-electron chi connectivity index (χ4n) is 2.48. The van der Waals surface area contributed by atoms with Crippen LogP contribution in [0, 0.1) is 6.92 Å². The number of esters is 1. The zero-order valence-electron chi connectivity index (χ0n) is 15.5. The first-order valence-electron chi connectivity index (χ1n) is 8.65. The van der Waals surface area contributed by atoms with Crippen molar-refractivity contribution in [2.24, 2.45) is 0 Å². The molecule has 4 N–H and O–H groups in total. The maximum Gasteiger partial charge on any atom is 0.338 e. The van der Waals surface area contributed by atoms with Crippen molar-refractivity contribution in [1.29, 1.82) is 0 Å². The van der Waals surface area contributed by atoms with Crippen LogP contribution >= 0.6 is 11.6 Å². The molecule has 0 unspecified atom stereocenters. The summed E-state index contributed by atoms with van der Waals surface area (Å²) in [6, 6.07) is 12.5. The van der Waals surface area contributed by atoms with Crippen LogP contribution in [-0.4, -0.2) is 22.5 Å². The van der Waals surface area contributed by atoms with Crippen molar-refractivity contribution in [2.45, 2.75) is 13.8 Å². The van der Waals surface area contributed by atoms with Crippen molar-refractivity contribution in [3.05, 3.63) is 64.9 Å². The van der Waals surface area contributed by atoms with Gasteiger partial charge >= 0.3 is 5.97 Å². The number of carbonyl (C=O) groups excluding carboxylic acids is 1. The van der Waals surface area contributed by atoms with Gasteiger partial charge in [0.15, 0.2) is 11.6 Å². The Morgan fingerprint density at radius 1 is 1.11 bits per heavy atom. The SMILES string of the molecule is CCOC(=O)c1cccc(Nc2ncnc(Nc3ccc(C)c(Cl)c3)c2N)c1. The lowest BCUT2D eigenvalue weighted by molar-refractivity contribution is 0.0526. The minimum atomic E-state index is -0.389. The molecule has 0 bridgehead atoms. The first-order chi connectivity index (χ1) is 13.5. The minimum Gasteiger partial charge on any atom is -0.462 e. The molecule has 0 saturated carbocycles. The Kier molecular flexibility index (Phi) is 5.96. The molecule has 7 nitrogen and oxygen atoms in total. The summed E-state index contributed by atoms with van der Waals surface area (Å²) in [5.41, 5.74) is 9.38. The maximum atomic E-state index is 11.9. The summed E-state index contributed by atoms with van der Waals surface area (Å²) < 4.78 is 5.02. The van der Waals surface area contributed by atoms with Gasteiger partial charge in [-0.1, -0.05) is 23.7 Å². The van der Waals surface area contributed by atoms with Crippen LogP contribution in [0.5, 0.6) is 0 Å². The van der Waals surface area contributed by atoms with Gasteiger partial charge in [-0.2, -0.15) is 0 Å². The van der Waals surface area contributed by atoms with Crippen molar-refractivity contribution in [1.82, 2.24) is 9.97 Å². The van der Waals surface area contributed by atoms with Gasteiger partial charge in [-0.3, -0.25) is 0 Å². The Hall–Kier alpha value is -3.32. The van der Waals surface area contributed by atoms with Crippen molar-refractivity contribution < 1.29 is 9.53 Å². The van der Waals surface area contributed by atoms with E-state index in [-0.39, 0.29) is 5.97 Å². The van der Waals surface area contributed by atoms with E-state index in [1.54, 1.807) is 37.3 Å². The second kappa shape index (κ2) is 8.58. The van der Waals surface area contributed by atoms with E-state index in [1.807, 2.05) is 19.1 Å². The summed E-state index contributed by atoms with van der Waals surface area (Å²) in [7, 11) is 0. The molecule has 0 aliphatic carbocycles. The van der Waals surface area contributed by atoms with Crippen LogP contribution in [0.3, 0.4) is 0 Å². The van der Waals surface area contributed by atoms with Crippen LogP contribution in [0.1, 0.15) is 22.8 Å². The lowest BCUT2D eigenvalue weighted by atomic mass is 10.2. The molecule has 0 atom stereocenters. The smallest absolute Gasteiger partial charge is 0.338 e. The number of nitrogen functional groups attached to an aromatic ring is 1. The predicted molar refractivity (Wildman–Crippen MR) is 112 cm³/mol. The number of benzene rings is 2. The number of hydrogen-bond acceptors (Lipinski definition) is 7. The Labute approximate surface area is 167 Å². The van der Waals surface area contributed by atoms with Gasteiger partial charge in [-0.05, 0) is 49.7 Å². The third-order valence-corrected chi connectivity index (χ3v) is 4.36. The maximum absolute atomic E-state index is 11.9. The predicted octanol–water partition coefficient (Wildman–Crippen LogP) is 4.68. The van der Waals surface area contributed by atoms with E-state index in [9.17, 15) is 4.79 Å². The van der Waals surface area contributed by atoms with Gasteiger partial charge in [0.2, 0.25) is 0 Å². The summed E-state index contributed by atoms with van der Waals surface area (Å²) >= 11 is 6.17. The highest BCUT2D eigenvalue weighted by Crippen LogP contribution is 2.29. The van der Waals surface area contributed by atoms with Crippen LogP contribution in [0.15, 0.2) is 48.8 Å². The van der Waals surface area contributed by atoms with Gasteiger partial charge in [0, 0.05) is 16.4 Å².